The Labute approximate surface area is 105 Å². The summed E-state index contributed by atoms with van der Waals surface area (Å²) in [6, 6.07) is 14.6. The van der Waals surface area contributed by atoms with Crippen LogP contribution < -0.4 is 4.74 Å². The number of hydrogen-bond donors (Lipinski definition) is 1. The molecule has 0 saturated heterocycles. The predicted octanol–water partition coefficient (Wildman–Crippen LogP) is 3.43. The van der Waals surface area contributed by atoms with Gasteiger partial charge in [-0.1, -0.05) is 35.9 Å². The van der Waals surface area contributed by atoms with Crippen molar-refractivity contribution in [2.45, 2.75) is 6.10 Å². The minimum Gasteiger partial charge on any atom is -0.497 e. The maximum Gasteiger partial charge on any atom is 0.119 e. The molecule has 1 atom stereocenters. The summed E-state index contributed by atoms with van der Waals surface area (Å²) in [5, 5.41) is 10.8. The van der Waals surface area contributed by atoms with E-state index in [2.05, 4.69) is 0 Å². The summed E-state index contributed by atoms with van der Waals surface area (Å²) in [6.45, 7) is 0. The van der Waals surface area contributed by atoms with Crippen LogP contribution in [-0.2, 0) is 0 Å². The van der Waals surface area contributed by atoms with E-state index in [1.807, 2.05) is 36.4 Å². The lowest BCUT2D eigenvalue weighted by Crippen LogP contribution is -1.99. The van der Waals surface area contributed by atoms with Crippen LogP contribution in [0.4, 0.5) is 0 Å². The van der Waals surface area contributed by atoms with E-state index in [0.717, 1.165) is 16.9 Å². The molecule has 2 rings (SSSR count). The average Bonchev–Trinajstić information content (AvgIpc) is 2.38. The molecular weight excluding hydrogens is 236 g/mol. The molecule has 0 unspecified atom stereocenters. The van der Waals surface area contributed by atoms with Gasteiger partial charge < -0.3 is 9.84 Å². The normalized spacial score (nSPS) is 12.2. The third-order valence-corrected chi connectivity index (χ3v) is 2.81. The van der Waals surface area contributed by atoms with E-state index in [9.17, 15) is 5.11 Å². The SMILES string of the molecule is COc1cccc([C@H](O)c2cccc(Cl)c2)c1. The highest BCUT2D eigenvalue weighted by Crippen LogP contribution is 2.26. The van der Waals surface area contributed by atoms with Gasteiger partial charge in [0, 0.05) is 5.02 Å². The van der Waals surface area contributed by atoms with Crippen molar-refractivity contribution in [2.24, 2.45) is 0 Å². The molecule has 0 aliphatic carbocycles. The van der Waals surface area contributed by atoms with E-state index in [-0.39, 0.29) is 0 Å². The van der Waals surface area contributed by atoms with Crippen molar-refractivity contribution in [3.8, 4) is 5.75 Å². The molecule has 2 aromatic carbocycles. The van der Waals surface area contributed by atoms with Gasteiger partial charge in [-0.3, -0.25) is 0 Å². The summed E-state index contributed by atoms with van der Waals surface area (Å²) in [7, 11) is 1.60. The van der Waals surface area contributed by atoms with Crippen LogP contribution in [0, 0.1) is 0 Å². The van der Waals surface area contributed by atoms with Crippen molar-refractivity contribution in [3.05, 3.63) is 64.7 Å². The topological polar surface area (TPSA) is 29.5 Å². The molecule has 0 aromatic heterocycles. The lowest BCUT2D eigenvalue weighted by atomic mass is 10.0. The molecule has 0 radical (unpaired) electrons. The van der Waals surface area contributed by atoms with Crippen molar-refractivity contribution >= 4 is 11.6 Å². The van der Waals surface area contributed by atoms with Gasteiger partial charge in [-0.05, 0) is 35.4 Å². The maximum atomic E-state index is 10.2. The largest absolute Gasteiger partial charge is 0.497 e. The summed E-state index contributed by atoms with van der Waals surface area (Å²) in [5.74, 6) is 0.726. The van der Waals surface area contributed by atoms with E-state index < -0.39 is 6.10 Å². The number of ether oxygens (including phenoxy) is 1. The van der Waals surface area contributed by atoms with Crippen LogP contribution >= 0.6 is 11.6 Å². The standard InChI is InChI=1S/C14H13ClO2/c1-17-13-7-3-5-11(9-13)14(16)10-4-2-6-12(15)8-10/h2-9,14,16H,1H3/t14-/m1/s1. The second-order valence-electron chi connectivity index (χ2n) is 3.73. The average molecular weight is 249 g/mol. The predicted molar refractivity (Wildman–Crippen MR) is 68.5 cm³/mol. The Morgan fingerprint density at radius 1 is 1.06 bits per heavy atom. The third kappa shape index (κ3) is 2.78. The second kappa shape index (κ2) is 5.21. The number of benzene rings is 2. The highest BCUT2D eigenvalue weighted by Gasteiger charge is 2.11. The maximum absolute atomic E-state index is 10.2. The van der Waals surface area contributed by atoms with Crippen LogP contribution in [0.3, 0.4) is 0 Å². The van der Waals surface area contributed by atoms with E-state index in [1.165, 1.54) is 0 Å². The van der Waals surface area contributed by atoms with E-state index in [1.54, 1.807) is 19.2 Å². The van der Waals surface area contributed by atoms with Crippen molar-refractivity contribution < 1.29 is 9.84 Å². The number of methoxy groups -OCH3 is 1. The van der Waals surface area contributed by atoms with Crippen LogP contribution in [0.5, 0.6) is 5.75 Å². The minimum atomic E-state index is -0.691. The first-order valence-electron chi connectivity index (χ1n) is 5.28. The highest BCUT2D eigenvalue weighted by atomic mass is 35.5. The van der Waals surface area contributed by atoms with Crippen molar-refractivity contribution in [1.82, 2.24) is 0 Å². The lowest BCUT2D eigenvalue weighted by Gasteiger charge is -2.12. The Kier molecular flexibility index (Phi) is 3.67. The van der Waals surface area contributed by atoms with Gasteiger partial charge in [0.2, 0.25) is 0 Å². The molecule has 0 aliphatic heterocycles. The number of aliphatic hydroxyl groups excluding tert-OH is 1. The van der Waals surface area contributed by atoms with Gasteiger partial charge in [0.25, 0.3) is 0 Å². The molecular formula is C14H13ClO2. The molecule has 0 heterocycles. The fourth-order valence-corrected chi connectivity index (χ4v) is 1.88. The lowest BCUT2D eigenvalue weighted by molar-refractivity contribution is 0.220. The molecule has 0 saturated carbocycles. The van der Waals surface area contributed by atoms with Crippen LogP contribution in [0.25, 0.3) is 0 Å². The Morgan fingerprint density at radius 2 is 1.71 bits per heavy atom. The molecule has 1 N–H and O–H groups in total. The van der Waals surface area contributed by atoms with Gasteiger partial charge in [0.1, 0.15) is 11.9 Å². The fourth-order valence-electron chi connectivity index (χ4n) is 1.68. The van der Waals surface area contributed by atoms with Gasteiger partial charge in [-0.25, -0.2) is 0 Å². The van der Waals surface area contributed by atoms with Gasteiger partial charge in [-0.15, -0.1) is 0 Å². The zero-order valence-electron chi connectivity index (χ0n) is 9.43. The molecule has 0 aliphatic rings. The molecule has 88 valence electrons. The summed E-state index contributed by atoms with van der Waals surface area (Å²) in [5.41, 5.74) is 1.55. The Hall–Kier alpha value is -1.51. The zero-order valence-corrected chi connectivity index (χ0v) is 10.2. The van der Waals surface area contributed by atoms with Gasteiger partial charge in [-0.2, -0.15) is 0 Å². The summed E-state index contributed by atoms with van der Waals surface area (Å²) in [6.07, 6.45) is -0.691. The number of aliphatic hydroxyl groups is 1. The summed E-state index contributed by atoms with van der Waals surface area (Å²) < 4.78 is 5.13. The summed E-state index contributed by atoms with van der Waals surface area (Å²) >= 11 is 5.90. The number of halogens is 1. The monoisotopic (exact) mass is 248 g/mol. The third-order valence-electron chi connectivity index (χ3n) is 2.57. The van der Waals surface area contributed by atoms with E-state index >= 15 is 0 Å². The molecule has 0 fully saturated rings. The molecule has 2 aromatic rings. The molecule has 0 spiro atoms. The van der Waals surface area contributed by atoms with Gasteiger partial charge >= 0.3 is 0 Å². The first-order chi connectivity index (χ1) is 8.20. The highest BCUT2D eigenvalue weighted by molar-refractivity contribution is 6.30. The van der Waals surface area contributed by atoms with Crippen molar-refractivity contribution in [3.63, 3.8) is 0 Å². The molecule has 3 heteroatoms. The van der Waals surface area contributed by atoms with Gasteiger partial charge in [0.15, 0.2) is 0 Å². The van der Waals surface area contributed by atoms with Crippen molar-refractivity contribution in [1.29, 1.82) is 0 Å². The van der Waals surface area contributed by atoms with Crippen LogP contribution in [0.1, 0.15) is 17.2 Å². The second-order valence-corrected chi connectivity index (χ2v) is 4.17. The first kappa shape index (κ1) is 12.0. The molecule has 2 nitrogen and oxygen atoms in total. The van der Waals surface area contributed by atoms with Crippen molar-refractivity contribution in [2.75, 3.05) is 7.11 Å². The first-order valence-corrected chi connectivity index (χ1v) is 5.66. The number of rotatable bonds is 3. The Bertz CT molecular complexity index is 511. The molecule has 17 heavy (non-hydrogen) atoms. The van der Waals surface area contributed by atoms with Crippen LogP contribution in [-0.4, -0.2) is 12.2 Å². The quantitative estimate of drug-likeness (QED) is 0.902. The molecule has 0 amide bonds. The number of hydrogen-bond acceptors (Lipinski definition) is 2. The minimum absolute atomic E-state index is 0.615. The van der Waals surface area contributed by atoms with Crippen LogP contribution in [0.15, 0.2) is 48.5 Å². The smallest absolute Gasteiger partial charge is 0.119 e. The van der Waals surface area contributed by atoms with Crippen LogP contribution in [0.2, 0.25) is 5.02 Å². The molecule has 0 bridgehead atoms. The van der Waals surface area contributed by atoms with E-state index in [0.29, 0.717) is 5.02 Å². The van der Waals surface area contributed by atoms with Gasteiger partial charge in [0.05, 0.1) is 7.11 Å². The Morgan fingerprint density at radius 3 is 2.35 bits per heavy atom. The zero-order chi connectivity index (χ0) is 12.3. The fraction of sp³-hybridized carbons (Fsp3) is 0.143. The van der Waals surface area contributed by atoms with E-state index in [4.69, 9.17) is 16.3 Å². The summed E-state index contributed by atoms with van der Waals surface area (Å²) in [4.78, 5) is 0. The Balaban J connectivity index is 2.33.